The lowest BCUT2D eigenvalue weighted by Crippen LogP contribution is -2.41. The summed E-state index contributed by atoms with van der Waals surface area (Å²) in [4.78, 5) is 0. The molecule has 0 radical (unpaired) electrons. The largest absolute Gasteiger partial charge is 0.525 e. The van der Waals surface area contributed by atoms with Crippen molar-refractivity contribution in [2.45, 2.75) is 45.4 Å². The minimum atomic E-state index is -1.13. The maximum Gasteiger partial charge on any atom is 0.525 e. The molecule has 0 spiro atoms. The first kappa shape index (κ1) is 18.7. The van der Waals surface area contributed by atoms with Gasteiger partial charge in [-0.2, -0.15) is 0 Å². The monoisotopic (exact) mass is 365 g/mol. The molecular formula is C17H19BF3N3O2. The molecule has 1 aliphatic heterocycles. The van der Waals surface area contributed by atoms with Crippen molar-refractivity contribution < 1.29 is 22.5 Å². The molecule has 0 N–H and O–H groups in total. The van der Waals surface area contributed by atoms with Crippen LogP contribution in [0.3, 0.4) is 0 Å². The fourth-order valence-corrected chi connectivity index (χ4v) is 2.46. The smallest absolute Gasteiger partial charge is 0.398 e. The van der Waals surface area contributed by atoms with Gasteiger partial charge in [0, 0.05) is 5.56 Å². The van der Waals surface area contributed by atoms with Crippen LogP contribution in [0.2, 0.25) is 0 Å². The van der Waals surface area contributed by atoms with E-state index in [-0.39, 0.29) is 17.8 Å². The third kappa shape index (κ3) is 3.68. The van der Waals surface area contributed by atoms with Gasteiger partial charge in [-0.1, -0.05) is 5.21 Å². The van der Waals surface area contributed by atoms with E-state index in [0.29, 0.717) is 0 Å². The molecule has 3 rings (SSSR count). The summed E-state index contributed by atoms with van der Waals surface area (Å²) in [5.41, 5.74) is -1.62. The second-order valence-electron chi connectivity index (χ2n) is 7.19. The van der Waals surface area contributed by atoms with Crippen LogP contribution < -0.4 is 0 Å². The average molecular weight is 365 g/mol. The van der Waals surface area contributed by atoms with Gasteiger partial charge in [0.2, 0.25) is 0 Å². The second kappa shape index (κ2) is 6.55. The molecule has 0 unspecified atom stereocenters. The second-order valence-corrected chi connectivity index (χ2v) is 7.19. The van der Waals surface area contributed by atoms with Crippen LogP contribution in [-0.2, 0) is 15.9 Å². The molecule has 1 saturated heterocycles. The molecule has 9 heteroatoms. The summed E-state index contributed by atoms with van der Waals surface area (Å²) in [7, 11) is -1.13. The van der Waals surface area contributed by atoms with Crippen molar-refractivity contribution in [3.63, 3.8) is 0 Å². The fraction of sp³-hybridized carbons (Fsp3) is 0.412. The SMILES string of the molecule is CC1(C)OB(C(F)=Cc2cn(Cc3cc(F)ccc3F)nn2)OC1(C)C. The third-order valence-electron chi connectivity index (χ3n) is 4.66. The number of halogens is 3. The third-order valence-corrected chi connectivity index (χ3v) is 4.66. The Kier molecular flexibility index (Phi) is 4.70. The Morgan fingerprint density at radius 3 is 2.50 bits per heavy atom. The van der Waals surface area contributed by atoms with Crippen LogP contribution in [0, 0.1) is 11.6 Å². The Morgan fingerprint density at radius 2 is 1.85 bits per heavy atom. The Morgan fingerprint density at radius 1 is 1.19 bits per heavy atom. The number of benzene rings is 1. The molecule has 1 fully saturated rings. The molecular weight excluding hydrogens is 346 g/mol. The maximum absolute atomic E-state index is 14.5. The zero-order valence-electron chi connectivity index (χ0n) is 15.0. The van der Waals surface area contributed by atoms with E-state index in [2.05, 4.69) is 10.3 Å². The topological polar surface area (TPSA) is 49.2 Å². The van der Waals surface area contributed by atoms with Gasteiger partial charge in [-0.3, -0.25) is 0 Å². The van der Waals surface area contributed by atoms with Gasteiger partial charge in [0.25, 0.3) is 0 Å². The lowest BCUT2D eigenvalue weighted by molar-refractivity contribution is 0.00578. The van der Waals surface area contributed by atoms with Gasteiger partial charge in [-0.25, -0.2) is 17.9 Å². The minimum absolute atomic E-state index is 0.0253. The quantitative estimate of drug-likeness (QED) is 0.778. The highest BCUT2D eigenvalue weighted by molar-refractivity contribution is 6.54. The van der Waals surface area contributed by atoms with E-state index in [9.17, 15) is 13.2 Å². The van der Waals surface area contributed by atoms with Crippen molar-refractivity contribution in [3.8, 4) is 0 Å². The van der Waals surface area contributed by atoms with Gasteiger partial charge in [0.05, 0.1) is 23.9 Å². The number of nitrogens with zero attached hydrogens (tertiary/aromatic N) is 3. The standard InChI is InChI=1S/C17H19BF3N3O2/c1-16(2)17(3,4)26-18(25-16)15(21)8-13-10-24(23-22-13)9-11-7-12(19)5-6-14(11)20/h5-8,10H,9H2,1-4H3. The van der Waals surface area contributed by atoms with Crippen LogP contribution >= 0.6 is 0 Å². The van der Waals surface area contributed by atoms with Crippen molar-refractivity contribution in [1.82, 2.24) is 15.0 Å². The summed E-state index contributed by atoms with van der Waals surface area (Å²) < 4.78 is 53.9. The summed E-state index contributed by atoms with van der Waals surface area (Å²) >= 11 is 0. The molecule has 2 heterocycles. The predicted molar refractivity (Wildman–Crippen MR) is 90.6 cm³/mol. The molecule has 138 valence electrons. The van der Waals surface area contributed by atoms with Gasteiger partial charge >= 0.3 is 7.12 Å². The molecule has 1 aromatic carbocycles. The zero-order chi connectivity index (χ0) is 19.1. The van der Waals surface area contributed by atoms with E-state index in [4.69, 9.17) is 9.31 Å². The van der Waals surface area contributed by atoms with Crippen LogP contribution in [0.1, 0.15) is 39.0 Å². The van der Waals surface area contributed by atoms with E-state index in [1.54, 1.807) is 0 Å². The molecule has 1 aliphatic rings. The first-order valence-corrected chi connectivity index (χ1v) is 8.14. The van der Waals surface area contributed by atoms with Gasteiger partial charge in [-0.15, -0.1) is 5.10 Å². The molecule has 5 nitrogen and oxygen atoms in total. The van der Waals surface area contributed by atoms with Crippen LogP contribution in [0.15, 0.2) is 30.1 Å². The highest BCUT2D eigenvalue weighted by Crippen LogP contribution is 2.38. The van der Waals surface area contributed by atoms with Crippen molar-refractivity contribution in [3.05, 3.63) is 53.0 Å². The Hall–Kier alpha value is -2.13. The van der Waals surface area contributed by atoms with E-state index in [0.717, 1.165) is 24.3 Å². The number of rotatable bonds is 4. The maximum atomic E-state index is 14.5. The summed E-state index contributed by atoms with van der Waals surface area (Å²) in [5.74, 6) is -1.10. The summed E-state index contributed by atoms with van der Waals surface area (Å²) in [6.45, 7) is 7.27. The van der Waals surface area contributed by atoms with Gasteiger partial charge in [-0.05, 0) is 52.0 Å². The van der Waals surface area contributed by atoms with Crippen molar-refractivity contribution in [2.24, 2.45) is 0 Å². The van der Waals surface area contributed by atoms with Gasteiger partial charge < -0.3 is 9.31 Å². The van der Waals surface area contributed by atoms with Crippen LogP contribution in [0.4, 0.5) is 13.2 Å². The van der Waals surface area contributed by atoms with Gasteiger partial charge in [0.15, 0.2) is 0 Å². The number of aromatic nitrogens is 3. The van der Waals surface area contributed by atoms with Crippen LogP contribution in [-0.4, -0.2) is 33.3 Å². The zero-order valence-corrected chi connectivity index (χ0v) is 15.0. The van der Waals surface area contributed by atoms with Crippen molar-refractivity contribution in [1.29, 1.82) is 0 Å². The molecule has 1 aromatic heterocycles. The molecule has 0 bridgehead atoms. The predicted octanol–water partition coefficient (Wildman–Crippen LogP) is 3.55. The normalized spacial score (nSPS) is 19.2. The molecule has 0 aliphatic carbocycles. The van der Waals surface area contributed by atoms with Crippen LogP contribution in [0.5, 0.6) is 0 Å². The molecule has 0 amide bonds. The van der Waals surface area contributed by atoms with E-state index in [1.165, 1.54) is 10.9 Å². The number of hydrogen-bond donors (Lipinski definition) is 0. The molecule has 0 saturated carbocycles. The lowest BCUT2D eigenvalue weighted by Gasteiger charge is -2.32. The van der Waals surface area contributed by atoms with Crippen molar-refractivity contribution >= 4 is 13.2 Å². The Labute approximate surface area is 149 Å². The fourth-order valence-electron chi connectivity index (χ4n) is 2.46. The summed E-state index contributed by atoms with van der Waals surface area (Å²) in [5, 5.41) is 7.62. The Balaban J connectivity index is 1.74. The molecule has 0 atom stereocenters. The highest BCUT2D eigenvalue weighted by Gasteiger charge is 2.53. The first-order valence-electron chi connectivity index (χ1n) is 8.14. The lowest BCUT2D eigenvalue weighted by atomic mass is 9.87. The van der Waals surface area contributed by atoms with E-state index in [1.807, 2.05) is 27.7 Å². The summed E-state index contributed by atoms with van der Waals surface area (Å²) in [6.07, 6.45) is 2.57. The average Bonchev–Trinajstić information content (AvgIpc) is 3.05. The summed E-state index contributed by atoms with van der Waals surface area (Å²) in [6, 6.07) is 3.16. The number of hydrogen-bond acceptors (Lipinski definition) is 4. The van der Waals surface area contributed by atoms with E-state index < -0.39 is 35.7 Å². The Bertz CT molecular complexity index is 836. The highest BCUT2D eigenvalue weighted by atomic mass is 19.1. The molecule has 2 aromatic rings. The van der Waals surface area contributed by atoms with Crippen LogP contribution in [0.25, 0.3) is 6.08 Å². The minimum Gasteiger partial charge on any atom is -0.398 e. The van der Waals surface area contributed by atoms with Crippen molar-refractivity contribution in [2.75, 3.05) is 0 Å². The molecule has 26 heavy (non-hydrogen) atoms. The first-order chi connectivity index (χ1) is 12.1. The van der Waals surface area contributed by atoms with E-state index >= 15 is 0 Å². The van der Waals surface area contributed by atoms with Gasteiger partial charge in [0.1, 0.15) is 23.1 Å².